The highest BCUT2D eigenvalue weighted by molar-refractivity contribution is 5.64. The molecule has 1 heterocycles. The van der Waals surface area contributed by atoms with Gasteiger partial charge in [0, 0.05) is 25.0 Å². The van der Waals surface area contributed by atoms with Crippen molar-refractivity contribution in [1.29, 1.82) is 0 Å². The Bertz CT molecular complexity index is 693. The normalized spacial score (nSPS) is 11.2. The van der Waals surface area contributed by atoms with Gasteiger partial charge in [-0.1, -0.05) is 13.0 Å². The standard InChI is InChI=1S/C16H18F3N3O2/c1-4-8-24-15-20-10-13(16(17,18)19)14(21-15)22(2)11-6-5-7-12(9-11)23-3/h5-7,9-10H,4,8H2,1-3H3. The van der Waals surface area contributed by atoms with Gasteiger partial charge in [0.15, 0.2) is 5.82 Å². The van der Waals surface area contributed by atoms with Gasteiger partial charge in [-0.15, -0.1) is 0 Å². The van der Waals surface area contributed by atoms with Crippen molar-refractivity contribution in [1.82, 2.24) is 9.97 Å². The van der Waals surface area contributed by atoms with Crippen molar-refractivity contribution in [2.75, 3.05) is 25.7 Å². The van der Waals surface area contributed by atoms with Gasteiger partial charge < -0.3 is 14.4 Å². The molecule has 0 atom stereocenters. The van der Waals surface area contributed by atoms with Gasteiger partial charge in [0.2, 0.25) is 0 Å². The molecular weight excluding hydrogens is 323 g/mol. The number of nitrogens with zero attached hydrogens (tertiary/aromatic N) is 3. The Morgan fingerprint density at radius 2 is 2.00 bits per heavy atom. The first-order valence-electron chi connectivity index (χ1n) is 7.31. The molecule has 0 fully saturated rings. The van der Waals surface area contributed by atoms with E-state index in [0.29, 0.717) is 24.5 Å². The second kappa shape index (κ2) is 7.37. The predicted molar refractivity (Wildman–Crippen MR) is 83.9 cm³/mol. The van der Waals surface area contributed by atoms with Crippen molar-refractivity contribution in [3.05, 3.63) is 36.0 Å². The third-order valence-electron chi connectivity index (χ3n) is 3.25. The fourth-order valence-electron chi connectivity index (χ4n) is 2.02. The van der Waals surface area contributed by atoms with Gasteiger partial charge in [-0.25, -0.2) is 4.98 Å². The highest BCUT2D eigenvalue weighted by atomic mass is 19.4. The Hall–Kier alpha value is -2.51. The second-order valence-corrected chi connectivity index (χ2v) is 5.00. The first-order valence-corrected chi connectivity index (χ1v) is 7.31. The van der Waals surface area contributed by atoms with Gasteiger partial charge in [0.1, 0.15) is 11.3 Å². The molecule has 0 amide bonds. The maximum atomic E-state index is 13.3. The Labute approximate surface area is 138 Å². The van der Waals surface area contributed by atoms with Crippen LogP contribution in [0.4, 0.5) is 24.7 Å². The van der Waals surface area contributed by atoms with Gasteiger partial charge in [-0.05, 0) is 18.6 Å². The SMILES string of the molecule is CCCOc1ncc(C(F)(F)F)c(N(C)c2cccc(OC)c2)n1. The molecule has 0 aliphatic carbocycles. The Morgan fingerprint density at radius 1 is 1.25 bits per heavy atom. The highest BCUT2D eigenvalue weighted by Crippen LogP contribution is 2.38. The van der Waals surface area contributed by atoms with Gasteiger partial charge >= 0.3 is 12.2 Å². The van der Waals surface area contributed by atoms with Gasteiger partial charge in [-0.3, -0.25) is 0 Å². The molecule has 0 saturated carbocycles. The smallest absolute Gasteiger partial charge is 0.421 e. The third kappa shape index (κ3) is 4.06. The molecular formula is C16H18F3N3O2. The fourth-order valence-corrected chi connectivity index (χ4v) is 2.02. The third-order valence-corrected chi connectivity index (χ3v) is 3.25. The maximum absolute atomic E-state index is 13.3. The first-order chi connectivity index (χ1) is 11.4. The minimum atomic E-state index is -4.58. The number of rotatable bonds is 6. The van der Waals surface area contributed by atoms with Gasteiger partial charge in [0.25, 0.3) is 0 Å². The molecule has 0 radical (unpaired) electrons. The van der Waals surface area contributed by atoms with Crippen LogP contribution in [0.3, 0.4) is 0 Å². The maximum Gasteiger partial charge on any atom is 0.421 e. The zero-order valence-electron chi connectivity index (χ0n) is 13.6. The molecule has 2 rings (SSSR count). The van der Waals surface area contributed by atoms with Crippen LogP contribution in [0, 0.1) is 0 Å². The largest absolute Gasteiger partial charge is 0.497 e. The van der Waals surface area contributed by atoms with E-state index in [4.69, 9.17) is 9.47 Å². The summed E-state index contributed by atoms with van der Waals surface area (Å²) in [6, 6.07) is 6.59. The summed E-state index contributed by atoms with van der Waals surface area (Å²) in [5.41, 5.74) is -0.434. The van der Waals surface area contributed by atoms with Crippen LogP contribution >= 0.6 is 0 Å². The lowest BCUT2D eigenvalue weighted by Gasteiger charge is -2.23. The molecule has 0 aliphatic heterocycles. The van der Waals surface area contributed by atoms with Crippen molar-refractivity contribution >= 4 is 11.5 Å². The average Bonchev–Trinajstić information content (AvgIpc) is 2.58. The van der Waals surface area contributed by atoms with Crippen molar-refractivity contribution in [3.63, 3.8) is 0 Å². The van der Waals surface area contributed by atoms with Crippen LogP contribution in [0.15, 0.2) is 30.5 Å². The minimum Gasteiger partial charge on any atom is -0.497 e. The summed E-state index contributed by atoms with van der Waals surface area (Å²) in [6.07, 6.45) is -3.14. The lowest BCUT2D eigenvalue weighted by atomic mass is 10.2. The van der Waals surface area contributed by atoms with E-state index in [1.165, 1.54) is 19.1 Å². The number of ether oxygens (including phenoxy) is 2. The zero-order valence-corrected chi connectivity index (χ0v) is 13.6. The number of hydrogen-bond donors (Lipinski definition) is 0. The van der Waals surface area contributed by atoms with Crippen LogP contribution in [-0.2, 0) is 6.18 Å². The lowest BCUT2D eigenvalue weighted by molar-refractivity contribution is -0.137. The number of hydrogen-bond acceptors (Lipinski definition) is 5. The van der Waals surface area contributed by atoms with Crippen LogP contribution in [0.25, 0.3) is 0 Å². The molecule has 0 unspecified atom stereocenters. The second-order valence-electron chi connectivity index (χ2n) is 5.00. The summed E-state index contributed by atoms with van der Waals surface area (Å²) in [5, 5.41) is 0. The number of aromatic nitrogens is 2. The molecule has 0 aliphatic rings. The zero-order chi connectivity index (χ0) is 17.7. The lowest BCUT2D eigenvalue weighted by Crippen LogP contribution is -2.19. The van der Waals surface area contributed by atoms with E-state index < -0.39 is 11.7 Å². The van der Waals surface area contributed by atoms with E-state index in [1.54, 1.807) is 24.3 Å². The van der Waals surface area contributed by atoms with Crippen molar-refractivity contribution in [2.45, 2.75) is 19.5 Å². The molecule has 1 aromatic heterocycles. The summed E-state index contributed by atoms with van der Waals surface area (Å²) < 4.78 is 50.2. The Morgan fingerprint density at radius 3 is 2.62 bits per heavy atom. The van der Waals surface area contributed by atoms with Crippen molar-refractivity contribution < 1.29 is 22.6 Å². The Balaban J connectivity index is 2.47. The van der Waals surface area contributed by atoms with E-state index in [-0.39, 0.29) is 11.8 Å². The van der Waals surface area contributed by atoms with E-state index >= 15 is 0 Å². The number of halogens is 3. The molecule has 8 heteroatoms. The van der Waals surface area contributed by atoms with E-state index in [0.717, 1.165) is 6.20 Å². The van der Waals surface area contributed by atoms with E-state index in [1.807, 2.05) is 6.92 Å². The molecule has 0 N–H and O–H groups in total. The molecule has 0 bridgehead atoms. The van der Waals surface area contributed by atoms with Crippen LogP contribution < -0.4 is 14.4 Å². The van der Waals surface area contributed by atoms with E-state index in [9.17, 15) is 13.2 Å². The predicted octanol–water partition coefficient (Wildman–Crippen LogP) is 4.06. The van der Waals surface area contributed by atoms with Crippen molar-refractivity contribution in [2.24, 2.45) is 0 Å². The van der Waals surface area contributed by atoms with E-state index in [2.05, 4.69) is 9.97 Å². The summed E-state index contributed by atoms with van der Waals surface area (Å²) in [6.45, 7) is 2.21. The monoisotopic (exact) mass is 341 g/mol. The summed E-state index contributed by atoms with van der Waals surface area (Å²) >= 11 is 0. The summed E-state index contributed by atoms with van der Waals surface area (Å²) in [4.78, 5) is 8.91. The first kappa shape index (κ1) is 17.8. The molecule has 130 valence electrons. The van der Waals surface area contributed by atoms with Gasteiger partial charge in [-0.2, -0.15) is 18.2 Å². The molecule has 2 aromatic rings. The van der Waals surface area contributed by atoms with Crippen LogP contribution in [0.2, 0.25) is 0 Å². The Kier molecular flexibility index (Phi) is 5.48. The molecule has 5 nitrogen and oxygen atoms in total. The minimum absolute atomic E-state index is 0.0883. The van der Waals surface area contributed by atoms with Crippen LogP contribution in [-0.4, -0.2) is 30.7 Å². The summed E-state index contributed by atoms with van der Waals surface area (Å²) in [5.74, 6) is 0.251. The molecule has 0 spiro atoms. The number of benzene rings is 1. The quantitative estimate of drug-likeness (QED) is 0.793. The number of anilines is 2. The molecule has 24 heavy (non-hydrogen) atoms. The molecule has 0 saturated heterocycles. The van der Waals surface area contributed by atoms with Crippen LogP contribution in [0.1, 0.15) is 18.9 Å². The van der Waals surface area contributed by atoms with Gasteiger partial charge in [0.05, 0.1) is 13.7 Å². The average molecular weight is 341 g/mol. The fraction of sp³-hybridized carbons (Fsp3) is 0.375. The van der Waals surface area contributed by atoms with Crippen molar-refractivity contribution in [3.8, 4) is 11.8 Å². The topological polar surface area (TPSA) is 47.5 Å². The highest BCUT2D eigenvalue weighted by Gasteiger charge is 2.36. The number of alkyl halides is 3. The summed E-state index contributed by atoms with van der Waals surface area (Å²) in [7, 11) is 2.98. The number of methoxy groups -OCH3 is 1. The van der Waals surface area contributed by atoms with Crippen LogP contribution in [0.5, 0.6) is 11.8 Å². The molecule has 1 aromatic carbocycles.